The molecule has 1 unspecified atom stereocenters. The SMILES string of the molecule is CC(O)COc1cc(C(=O)O)ccc1[N+](=O)[O-]. The number of aliphatic hydroxyl groups excluding tert-OH is 1. The number of rotatable bonds is 5. The van der Waals surface area contributed by atoms with Gasteiger partial charge in [0.05, 0.1) is 16.6 Å². The molecule has 0 saturated carbocycles. The third kappa shape index (κ3) is 3.42. The molecule has 0 aliphatic rings. The molecular formula is C10H11NO6. The summed E-state index contributed by atoms with van der Waals surface area (Å²) in [4.78, 5) is 20.7. The van der Waals surface area contributed by atoms with Gasteiger partial charge in [0.1, 0.15) is 6.61 Å². The number of carbonyl (C=O) groups is 1. The maximum Gasteiger partial charge on any atom is 0.335 e. The minimum absolute atomic E-state index is 0.115. The molecule has 0 spiro atoms. The van der Waals surface area contributed by atoms with E-state index >= 15 is 0 Å². The van der Waals surface area contributed by atoms with Crippen molar-refractivity contribution in [1.29, 1.82) is 0 Å². The Bertz CT molecular complexity index is 442. The fraction of sp³-hybridized carbons (Fsp3) is 0.300. The van der Waals surface area contributed by atoms with Crippen LogP contribution in [0.3, 0.4) is 0 Å². The van der Waals surface area contributed by atoms with Crippen LogP contribution in [0.4, 0.5) is 5.69 Å². The van der Waals surface area contributed by atoms with E-state index in [0.29, 0.717) is 0 Å². The fourth-order valence-electron chi connectivity index (χ4n) is 1.12. The molecule has 7 nitrogen and oxygen atoms in total. The lowest BCUT2D eigenvalue weighted by atomic mass is 10.2. The second-order valence-corrected chi connectivity index (χ2v) is 3.40. The Labute approximate surface area is 96.4 Å². The number of hydrogen-bond acceptors (Lipinski definition) is 5. The number of carboxylic acid groups (broad SMARTS) is 1. The molecule has 0 saturated heterocycles. The summed E-state index contributed by atoms with van der Waals surface area (Å²) in [5, 5.41) is 28.4. The van der Waals surface area contributed by atoms with Gasteiger partial charge in [0.15, 0.2) is 5.75 Å². The molecule has 0 heterocycles. The molecule has 0 radical (unpaired) electrons. The van der Waals surface area contributed by atoms with Gasteiger partial charge in [-0.25, -0.2) is 4.79 Å². The Hall–Kier alpha value is -2.15. The van der Waals surface area contributed by atoms with Gasteiger partial charge < -0.3 is 14.9 Å². The number of ether oxygens (including phenoxy) is 1. The Kier molecular flexibility index (Phi) is 4.00. The van der Waals surface area contributed by atoms with Gasteiger partial charge in [-0.3, -0.25) is 10.1 Å². The predicted molar refractivity (Wildman–Crippen MR) is 57.2 cm³/mol. The van der Waals surface area contributed by atoms with Crippen molar-refractivity contribution in [3.05, 3.63) is 33.9 Å². The Morgan fingerprint density at radius 3 is 2.71 bits per heavy atom. The van der Waals surface area contributed by atoms with Crippen LogP contribution < -0.4 is 4.74 Å². The minimum atomic E-state index is -1.21. The monoisotopic (exact) mass is 241 g/mol. The van der Waals surface area contributed by atoms with Crippen LogP contribution in [-0.2, 0) is 0 Å². The number of aromatic carboxylic acids is 1. The van der Waals surface area contributed by atoms with Crippen molar-refractivity contribution < 1.29 is 24.7 Å². The van der Waals surface area contributed by atoms with Crippen LogP contribution in [0.1, 0.15) is 17.3 Å². The van der Waals surface area contributed by atoms with Crippen molar-refractivity contribution in [2.45, 2.75) is 13.0 Å². The van der Waals surface area contributed by atoms with Crippen molar-refractivity contribution in [2.75, 3.05) is 6.61 Å². The second kappa shape index (κ2) is 5.26. The summed E-state index contributed by atoms with van der Waals surface area (Å²) in [7, 11) is 0. The van der Waals surface area contributed by atoms with E-state index in [2.05, 4.69) is 0 Å². The molecule has 0 fully saturated rings. The molecule has 7 heteroatoms. The molecule has 0 aromatic heterocycles. The lowest BCUT2D eigenvalue weighted by Gasteiger charge is -2.08. The highest BCUT2D eigenvalue weighted by molar-refractivity contribution is 5.88. The largest absolute Gasteiger partial charge is 0.484 e. The van der Waals surface area contributed by atoms with Gasteiger partial charge in [-0.15, -0.1) is 0 Å². The Morgan fingerprint density at radius 2 is 2.24 bits per heavy atom. The number of aliphatic hydroxyl groups is 1. The topological polar surface area (TPSA) is 110 Å². The van der Waals surface area contributed by atoms with E-state index in [-0.39, 0.29) is 23.6 Å². The lowest BCUT2D eigenvalue weighted by Crippen LogP contribution is -2.14. The first-order chi connectivity index (χ1) is 7.91. The summed E-state index contributed by atoms with van der Waals surface area (Å²) in [6.45, 7) is 1.30. The summed E-state index contributed by atoms with van der Waals surface area (Å²) < 4.78 is 5.00. The third-order valence-electron chi connectivity index (χ3n) is 1.88. The van der Waals surface area contributed by atoms with Gasteiger partial charge in [-0.05, 0) is 13.0 Å². The van der Waals surface area contributed by atoms with Gasteiger partial charge in [0, 0.05) is 12.1 Å². The average molecular weight is 241 g/mol. The number of carboxylic acids is 1. The number of hydrogen-bond donors (Lipinski definition) is 2. The summed E-state index contributed by atoms with van der Waals surface area (Å²) >= 11 is 0. The van der Waals surface area contributed by atoms with E-state index in [1.54, 1.807) is 0 Å². The Morgan fingerprint density at radius 1 is 1.59 bits per heavy atom. The van der Waals surface area contributed by atoms with Crippen LogP contribution in [0.5, 0.6) is 5.75 Å². The normalized spacial score (nSPS) is 11.9. The zero-order chi connectivity index (χ0) is 13.0. The van der Waals surface area contributed by atoms with Crippen molar-refractivity contribution in [3.8, 4) is 5.75 Å². The quantitative estimate of drug-likeness (QED) is 0.589. The van der Waals surface area contributed by atoms with E-state index < -0.39 is 17.0 Å². The van der Waals surface area contributed by atoms with Crippen LogP contribution in [-0.4, -0.2) is 33.8 Å². The van der Waals surface area contributed by atoms with Gasteiger partial charge in [0.25, 0.3) is 0 Å². The van der Waals surface area contributed by atoms with Gasteiger partial charge in [-0.2, -0.15) is 0 Å². The number of nitrogens with zero attached hydrogens (tertiary/aromatic N) is 1. The standard InChI is InChI=1S/C10H11NO6/c1-6(12)5-17-9-4-7(10(13)14)2-3-8(9)11(15)16/h2-4,6,12H,5H2,1H3,(H,13,14). The van der Waals surface area contributed by atoms with E-state index in [0.717, 1.165) is 18.2 Å². The predicted octanol–water partition coefficient (Wildman–Crippen LogP) is 1.05. The summed E-state index contributed by atoms with van der Waals surface area (Å²) in [6, 6.07) is 3.24. The van der Waals surface area contributed by atoms with Crippen molar-refractivity contribution in [1.82, 2.24) is 0 Å². The van der Waals surface area contributed by atoms with E-state index in [9.17, 15) is 14.9 Å². The summed E-state index contributed by atoms with van der Waals surface area (Å²) in [5.41, 5.74) is -0.452. The van der Waals surface area contributed by atoms with Crippen molar-refractivity contribution >= 4 is 11.7 Å². The van der Waals surface area contributed by atoms with Crippen LogP contribution >= 0.6 is 0 Å². The molecule has 17 heavy (non-hydrogen) atoms. The van der Waals surface area contributed by atoms with Crippen LogP contribution in [0.15, 0.2) is 18.2 Å². The zero-order valence-corrected chi connectivity index (χ0v) is 8.99. The molecular weight excluding hydrogens is 230 g/mol. The molecule has 92 valence electrons. The smallest absolute Gasteiger partial charge is 0.335 e. The molecule has 0 bridgehead atoms. The average Bonchev–Trinajstić information content (AvgIpc) is 2.25. The zero-order valence-electron chi connectivity index (χ0n) is 8.99. The van der Waals surface area contributed by atoms with Crippen LogP contribution in [0, 0.1) is 10.1 Å². The molecule has 0 aliphatic heterocycles. The fourth-order valence-corrected chi connectivity index (χ4v) is 1.12. The summed E-state index contributed by atoms with van der Waals surface area (Å²) in [5.74, 6) is -1.38. The highest BCUT2D eigenvalue weighted by atomic mass is 16.6. The van der Waals surface area contributed by atoms with E-state index in [1.165, 1.54) is 6.92 Å². The van der Waals surface area contributed by atoms with Crippen molar-refractivity contribution in [2.24, 2.45) is 0 Å². The molecule has 2 N–H and O–H groups in total. The van der Waals surface area contributed by atoms with Gasteiger partial charge >= 0.3 is 11.7 Å². The minimum Gasteiger partial charge on any atom is -0.484 e. The first kappa shape index (κ1) is 12.9. The summed E-state index contributed by atoms with van der Waals surface area (Å²) in [6.07, 6.45) is -0.803. The first-order valence-corrected chi connectivity index (χ1v) is 4.74. The van der Waals surface area contributed by atoms with Crippen molar-refractivity contribution in [3.63, 3.8) is 0 Å². The highest BCUT2D eigenvalue weighted by Crippen LogP contribution is 2.28. The lowest BCUT2D eigenvalue weighted by molar-refractivity contribution is -0.385. The number of benzene rings is 1. The van der Waals surface area contributed by atoms with Gasteiger partial charge in [0.2, 0.25) is 0 Å². The molecule has 0 amide bonds. The third-order valence-corrected chi connectivity index (χ3v) is 1.88. The number of nitro benzene ring substituents is 1. The maximum absolute atomic E-state index is 10.7. The van der Waals surface area contributed by atoms with Crippen LogP contribution in [0.2, 0.25) is 0 Å². The molecule has 1 aromatic carbocycles. The molecule has 0 aliphatic carbocycles. The molecule has 1 rings (SSSR count). The number of nitro groups is 1. The highest BCUT2D eigenvalue weighted by Gasteiger charge is 2.18. The molecule has 1 atom stereocenters. The first-order valence-electron chi connectivity index (χ1n) is 4.74. The van der Waals surface area contributed by atoms with E-state index in [1.807, 2.05) is 0 Å². The molecule has 1 aromatic rings. The van der Waals surface area contributed by atoms with E-state index in [4.69, 9.17) is 14.9 Å². The van der Waals surface area contributed by atoms with Crippen LogP contribution in [0.25, 0.3) is 0 Å². The maximum atomic E-state index is 10.7. The Balaban J connectivity index is 3.07. The second-order valence-electron chi connectivity index (χ2n) is 3.40. The van der Waals surface area contributed by atoms with Gasteiger partial charge in [-0.1, -0.05) is 0 Å².